The maximum absolute atomic E-state index is 6.60. The Hall–Kier alpha value is -0.730. The molecule has 0 aromatic heterocycles. The molecule has 0 radical (unpaired) electrons. The first-order valence-electron chi connectivity index (χ1n) is 8.60. The van der Waals surface area contributed by atoms with Crippen LogP contribution in [0.15, 0.2) is 18.2 Å². The molecule has 2 nitrogen and oxygen atoms in total. The van der Waals surface area contributed by atoms with E-state index in [2.05, 4.69) is 28.4 Å². The van der Waals surface area contributed by atoms with Crippen molar-refractivity contribution in [3.63, 3.8) is 0 Å². The number of halogens is 1. The largest absolute Gasteiger partial charge is 0.367 e. The van der Waals surface area contributed by atoms with Crippen molar-refractivity contribution >= 4 is 17.3 Å². The third-order valence-corrected chi connectivity index (χ3v) is 5.81. The molecular weight excluding hydrogens is 280 g/mol. The monoisotopic (exact) mass is 304 g/mol. The summed E-state index contributed by atoms with van der Waals surface area (Å²) in [6, 6.07) is 8.18. The molecule has 3 heteroatoms. The minimum atomic E-state index is 0.742. The third-order valence-electron chi connectivity index (χ3n) is 5.50. The zero-order valence-electron chi connectivity index (χ0n) is 12.7. The number of nitrogens with zero attached hydrogens (tertiary/aromatic N) is 1. The maximum Gasteiger partial charge on any atom is 0.0642 e. The van der Waals surface area contributed by atoms with Crippen LogP contribution in [-0.2, 0) is 6.54 Å². The Bertz CT molecular complexity index is 512. The molecule has 1 aliphatic heterocycles. The van der Waals surface area contributed by atoms with Crippen molar-refractivity contribution < 1.29 is 0 Å². The van der Waals surface area contributed by atoms with E-state index in [1.165, 1.54) is 62.7 Å². The SMILES string of the molecule is Clc1cc(CNC2CC2)ccc1N1CCC2CCCCC21. The number of benzene rings is 1. The highest BCUT2D eigenvalue weighted by atomic mass is 35.5. The molecule has 1 aromatic carbocycles. The van der Waals surface area contributed by atoms with Gasteiger partial charge in [-0.3, -0.25) is 0 Å². The van der Waals surface area contributed by atoms with E-state index in [0.717, 1.165) is 29.6 Å². The lowest BCUT2D eigenvalue weighted by molar-refractivity contribution is 0.342. The summed E-state index contributed by atoms with van der Waals surface area (Å²) in [4.78, 5) is 2.59. The molecule has 2 unspecified atom stereocenters. The van der Waals surface area contributed by atoms with Gasteiger partial charge in [-0.25, -0.2) is 0 Å². The topological polar surface area (TPSA) is 15.3 Å². The molecule has 0 amide bonds. The normalized spacial score (nSPS) is 28.7. The Balaban J connectivity index is 1.49. The highest BCUT2D eigenvalue weighted by Gasteiger charge is 2.36. The predicted molar refractivity (Wildman–Crippen MR) is 89.0 cm³/mol. The van der Waals surface area contributed by atoms with Crippen LogP contribution in [0.5, 0.6) is 0 Å². The van der Waals surface area contributed by atoms with E-state index in [1.54, 1.807) is 0 Å². The van der Waals surface area contributed by atoms with E-state index < -0.39 is 0 Å². The van der Waals surface area contributed by atoms with Crippen molar-refractivity contribution in [2.45, 2.75) is 63.6 Å². The Kier molecular flexibility index (Phi) is 3.85. The molecule has 114 valence electrons. The van der Waals surface area contributed by atoms with E-state index in [1.807, 2.05) is 0 Å². The summed E-state index contributed by atoms with van der Waals surface area (Å²) in [6.07, 6.45) is 9.61. The molecule has 0 spiro atoms. The molecule has 3 aliphatic rings. The van der Waals surface area contributed by atoms with Crippen LogP contribution in [-0.4, -0.2) is 18.6 Å². The summed E-state index contributed by atoms with van der Waals surface area (Å²) in [5.74, 6) is 0.908. The molecule has 0 bridgehead atoms. The summed E-state index contributed by atoms with van der Waals surface area (Å²) < 4.78 is 0. The zero-order valence-corrected chi connectivity index (χ0v) is 13.4. The summed E-state index contributed by atoms with van der Waals surface area (Å²) in [6.45, 7) is 2.14. The van der Waals surface area contributed by atoms with Gasteiger partial charge in [-0.05, 0) is 55.7 Å². The van der Waals surface area contributed by atoms with Crippen molar-refractivity contribution in [2.75, 3.05) is 11.4 Å². The van der Waals surface area contributed by atoms with Gasteiger partial charge in [-0.2, -0.15) is 0 Å². The van der Waals surface area contributed by atoms with Gasteiger partial charge in [-0.15, -0.1) is 0 Å². The molecule has 21 heavy (non-hydrogen) atoms. The number of fused-ring (bicyclic) bond motifs is 1. The average molecular weight is 305 g/mol. The first kappa shape index (κ1) is 13.9. The third kappa shape index (κ3) is 2.93. The maximum atomic E-state index is 6.60. The smallest absolute Gasteiger partial charge is 0.0642 e. The van der Waals surface area contributed by atoms with Gasteiger partial charge in [0.2, 0.25) is 0 Å². The highest BCUT2D eigenvalue weighted by Crippen LogP contribution is 2.41. The van der Waals surface area contributed by atoms with Crippen LogP contribution in [0.2, 0.25) is 5.02 Å². The molecule has 1 heterocycles. The number of rotatable bonds is 4. The van der Waals surface area contributed by atoms with Crippen LogP contribution in [0.25, 0.3) is 0 Å². The van der Waals surface area contributed by atoms with Gasteiger partial charge < -0.3 is 10.2 Å². The van der Waals surface area contributed by atoms with E-state index in [-0.39, 0.29) is 0 Å². The summed E-state index contributed by atoms with van der Waals surface area (Å²) in [5.41, 5.74) is 2.58. The predicted octanol–water partition coefficient (Wildman–Crippen LogP) is 4.36. The van der Waals surface area contributed by atoms with Gasteiger partial charge in [0.05, 0.1) is 10.7 Å². The number of hydrogen-bond acceptors (Lipinski definition) is 2. The van der Waals surface area contributed by atoms with Gasteiger partial charge in [0, 0.05) is 25.2 Å². The van der Waals surface area contributed by atoms with Gasteiger partial charge in [0.15, 0.2) is 0 Å². The van der Waals surface area contributed by atoms with Gasteiger partial charge in [0.1, 0.15) is 0 Å². The van der Waals surface area contributed by atoms with Crippen LogP contribution in [0.4, 0.5) is 5.69 Å². The Labute approximate surface area is 132 Å². The van der Waals surface area contributed by atoms with Crippen molar-refractivity contribution in [1.29, 1.82) is 0 Å². The first-order valence-corrected chi connectivity index (χ1v) is 8.97. The summed E-state index contributed by atoms with van der Waals surface area (Å²) >= 11 is 6.60. The minimum absolute atomic E-state index is 0.742. The molecular formula is C18H25ClN2. The standard InChI is InChI=1S/C18H25ClN2/c19-16-11-13(12-20-15-6-7-15)5-8-18(16)21-10-9-14-3-1-2-4-17(14)21/h5,8,11,14-15,17,20H,1-4,6-7,9-10,12H2. The van der Waals surface area contributed by atoms with Crippen LogP contribution >= 0.6 is 11.6 Å². The number of anilines is 1. The Morgan fingerprint density at radius 2 is 1.95 bits per heavy atom. The quantitative estimate of drug-likeness (QED) is 0.889. The lowest BCUT2D eigenvalue weighted by Crippen LogP contribution is -2.34. The second-order valence-electron chi connectivity index (χ2n) is 7.03. The van der Waals surface area contributed by atoms with Crippen LogP contribution < -0.4 is 10.2 Å². The second kappa shape index (κ2) is 5.81. The van der Waals surface area contributed by atoms with Crippen LogP contribution in [0.3, 0.4) is 0 Å². The van der Waals surface area contributed by atoms with Crippen LogP contribution in [0.1, 0.15) is 50.5 Å². The molecule has 1 saturated heterocycles. The van der Waals surface area contributed by atoms with E-state index in [0.29, 0.717) is 0 Å². The molecule has 2 saturated carbocycles. The van der Waals surface area contributed by atoms with Crippen LogP contribution in [0, 0.1) is 5.92 Å². The van der Waals surface area contributed by atoms with Crippen molar-refractivity contribution in [2.24, 2.45) is 5.92 Å². The fourth-order valence-electron chi connectivity index (χ4n) is 4.15. The molecule has 4 rings (SSSR count). The summed E-state index contributed by atoms with van der Waals surface area (Å²) in [7, 11) is 0. The molecule has 2 aliphatic carbocycles. The van der Waals surface area contributed by atoms with Crippen molar-refractivity contribution in [1.82, 2.24) is 5.32 Å². The zero-order chi connectivity index (χ0) is 14.2. The summed E-state index contributed by atoms with van der Waals surface area (Å²) in [5, 5.41) is 4.50. The number of nitrogens with one attached hydrogen (secondary N) is 1. The molecule has 2 atom stereocenters. The van der Waals surface area contributed by atoms with E-state index >= 15 is 0 Å². The average Bonchev–Trinajstić information content (AvgIpc) is 3.24. The molecule has 1 aromatic rings. The number of hydrogen-bond donors (Lipinski definition) is 1. The Morgan fingerprint density at radius 1 is 1.10 bits per heavy atom. The molecule has 1 N–H and O–H groups in total. The lowest BCUT2D eigenvalue weighted by atomic mass is 9.85. The van der Waals surface area contributed by atoms with Gasteiger partial charge >= 0.3 is 0 Å². The first-order chi connectivity index (χ1) is 10.3. The van der Waals surface area contributed by atoms with Crippen molar-refractivity contribution in [3.8, 4) is 0 Å². The van der Waals surface area contributed by atoms with Gasteiger partial charge in [0.25, 0.3) is 0 Å². The molecule has 3 fully saturated rings. The highest BCUT2D eigenvalue weighted by molar-refractivity contribution is 6.33. The lowest BCUT2D eigenvalue weighted by Gasteiger charge is -2.33. The minimum Gasteiger partial charge on any atom is -0.367 e. The second-order valence-corrected chi connectivity index (χ2v) is 7.44. The Morgan fingerprint density at radius 3 is 2.76 bits per heavy atom. The fraction of sp³-hybridized carbons (Fsp3) is 0.667. The van der Waals surface area contributed by atoms with Crippen molar-refractivity contribution in [3.05, 3.63) is 28.8 Å². The van der Waals surface area contributed by atoms with Gasteiger partial charge in [-0.1, -0.05) is 30.5 Å². The van der Waals surface area contributed by atoms with E-state index in [4.69, 9.17) is 11.6 Å². The fourth-order valence-corrected chi connectivity index (χ4v) is 4.46. The van der Waals surface area contributed by atoms with E-state index in [9.17, 15) is 0 Å².